The molecule has 13 aromatic rings. The van der Waals surface area contributed by atoms with Gasteiger partial charge in [-0.2, -0.15) is 0 Å². The van der Waals surface area contributed by atoms with Crippen LogP contribution in [0, 0.1) is 0 Å². The van der Waals surface area contributed by atoms with Crippen LogP contribution < -0.4 is 0 Å². The van der Waals surface area contributed by atoms with Gasteiger partial charge in [-0.15, -0.1) is 11.3 Å². The Bertz CT molecular complexity index is 3940. The van der Waals surface area contributed by atoms with Gasteiger partial charge in [0.05, 0.1) is 5.56 Å². The van der Waals surface area contributed by atoms with Crippen molar-refractivity contribution in [2.24, 2.45) is 0 Å². The van der Waals surface area contributed by atoms with Crippen LogP contribution in [0.5, 0.6) is 0 Å². The molecule has 0 unspecified atom stereocenters. The summed E-state index contributed by atoms with van der Waals surface area (Å²) in [6.45, 7) is 0. The molecule has 10 aromatic carbocycles. The largest absolute Gasteiger partial charge is 0.455 e. The van der Waals surface area contributed by atoms with Gasteiger partial charge < -0.3 is 4.42 Å². The second-order valence-electron chi connectivity index (χ2n) is 15.9. The van der Waals surface area contributed by atoms with E-state index in [9.17, 15) is 0 Å². The molecule has 0 atom stereocenters. The molecule has 0 aliphatic heterocycles. The lowest BCUT2D eigenvalue weighted by Gasteiger charge is -2.15. The molecule has 3 aromatic heterocycles. The Morgan fingerprint density at radius 2 is 0.935 bits per heavy atom. The zero-order valence-corrected chi connectivity index (χ0v) is 34.0. The van der Waals surface area contributed by atoms with Crippen molar-refractivity contribution in [3.05, 3.63) is 200 Å². The highest BCUT2D eigenvalue weighted by atomic mass is 32.1. The standard InChI is InChI=1S/C57H33N3OS/c1-2-13-34(14-3-1)38-32-49-45-22-10-11-24-51(45)61-53(49)50(33-38)57-59-55(37-26-30-52-48(31-37)46-27-25-36-16-5-7-19-40(36)54(46)62-52)58-56(60-57)47-29-28-44(42-20-8-9-21-43(42)47)41-23-12-17-35-15-4-6-18-39(35)41/h1-33H. The molecule has 0 N–H and O–H groups in total. The number of hydrogen-bond acceptors (Lipinski definition) is 5. The smallest absolute Gasteiger partial charge is 0.167 e. The van der Waals surface area contributed by atoms with Crippen molar-refractivity contribution in [1.29, 1.82) is 0 Å². The number of aromatic nitrogens is 3. The molecule has 0 amide bonds. The summed E-state index contributed by atoms with van der Waals surface area (Å²) in [6, 6.07) is 71.0. The third kappa shape index (κ3) is 5.49. The molecule has 62 heavy (non-hydrogen) atoms. The van der Waals surface area contributed by atoms with E-state index in [0.29, 0.717) is 17.5 Å². The lowest BCUT2D eigenvalue weighted by Crippen LogP contribution is -2.01. The van der Waals surface area contributed by atoms with Gasteiger partial charge in [0.1, 0.15) is 11.2 Å². The Morgan fingerprint density at radius 3 is 1.77 bits per heavy atom. The van der Waals surface area contributed by atoms with Crippen LogP contribution in [0.3, 0.4) is 0 Å². The van der Waals surface area contributed by atoms with Crippen LogP contribution in [-0.4, -0.2) is 15.0 Å². The fourth-order valence-corrected chi connectivity index (χ4v) is 10.6. The average molecular weight is 808 g/mol. The minimum absolute atomic E-state index is 0.551. The molecule has 13 rings (SSSR count). The van der Waals surface area contributed by atoms with E-state index in [4.69, 9.17) is 19.4 Å². The Labute approximate surface area is 360 Å². The van der Waals surface area contributed by atoms with Gasteiger partial charge in [-0.1, -0.05) is 158 Å². The first-order valence-electron chi connectivity index (χ1n) is 20.8. The molecule has 3 heterocycles. The van der Waals surface area contributed by atoms with E-state index >= 15 is 0 Å². The quantitative estimate of drug-likeness (QED) is 0.174. The monoisotopic (exact) mass is 807 g/mol. The maximum Gasteiger partial charge on any atom is 0.167 e. The molecule has 0 bridgehead atoms. The minimum Gasteiger partial charge on any atom is -0.455 e. The van der Waals surface area contributed by atoms with Crippen LogP contribution >= 0.6 is 11.3 Å². The highest BCUT2D eigenvalue weighted by Gasteiger charge is 2.22. The Kier molecular flexibility index (Phi) is 7.74. The summed E-state index contributed by atoms with van der Waals surface area (Å²) in [6.07, 6.45) is 0. The summed E-state index contributed by atoms with van der Waals surface area (Å²) in [5, 5.41) is 11.6. The average Bonchev–Trinajstić information content (AvgIpc) is 3.92. The van der Waals surface area contributed by atoms with Gasteiger partial charge in [0.2, 0.25) is 0 Å². The first-order chi connectivity index (χ1) is 30.7. The van der Waals surface area contributed by atoms with Gasteiger partial charge in [0.15, 0.2) is 17.5 Å². The van der Waals surface area contributed by atoms with E-state index in [1.807, 2.05) is 29.5 Å². The molecule has 0 spiro atoms. The van der Waals surface area contributed by atoms with Gasteiger partial charge in [-0.25, -0.2) is 15.0 Å². The normalized spacial score (nSPS) is 11.9. The van der Waals surface area contributed by atoms with Crippen LogP contribution in [0.15, 0.2) is 205 Å². The lowest BCUT2D eigenvalue weighted by molar-refractivity contribution is 0.669. The Morgan fingerprint density at radius 1 is 0.323 bits per heavy atom. The van der Waals surface area contributed by atoms with Gasteiger partial charge >= 0.3 is 0 Å². The maximum atomic E-state index is 6.72. The van der Waals surface area contributed by atoms with Gasteiger partial charge in [-0.05, 0) is 97.0 Å². The highest BCUT2D eigenvalue weighted by Crippen LogP contribution is 2.43. The number of thiophene rings is 1. The minimum atomic E-state index is 0.551. The van der Waals surface area contributed by atoms with E-state index in [1.165, 1.54) is 47.3 Å². The fourth-order valence-electron chi connectivity index (χ4n) is 9.37. The first kappa shape index (κ1) is 34.8. The Hall–Kier alpha value is -7.99. The number of fused-ring (bicyclic) bond motifs is 10. The number of para-hydroxylation sites is 1. The van der Waals surface area contributed by atoms with Crippen LogP contribution in [0.4, 0.5) is 0 Å². The van der Waals surface area contributed by atoms with Crippen molar-refractivity contribution in [1.82, 2.24) is 15.0 Å². The fraction of sp³-hybridized carbons (Fsp3) is 0. The number of hydrogen-bond donors (Lipinski definition) is 0. The highest BCUT2D eigenvalue weighted by molar-refractivity contribution is 7.26. The lowest BCUT2D eigenvalue weighted by atomic mass is 9.92. The van der Waals surface area contributed by atoms with Crippen LogP contribution in [0.1, 0.15) is 0 Å². The van der Waals surface area contributed by atoms with Gasteiger partial charge in [0.25, 0.3) is 0 Å². The van der Waals surface area contributed by atoms with E-state index in [2.05, 4.69) is 182 Å². The molecule has 0 aliphatic rings. The van der Waals surface area contributed by atoms with Gasteiger partial charge in [-0.3, -0.25) is 0 Å². The van der Waals surface area contributed by atoms with E-state index in [0.717, 1.165) is 66.1 Å². The molecular formula is C57H33N3OS. The molecule has 4 nitrogen and oxygen atoms in total. The zero-order valence-electron chi connectivity index (χ0n) is 33.2. The third-order valence-electron chi connectivity index (χ3n) is 12.3. The molecule has 288 valence electrons. The third-order valence-corrected chi connectivity index (χ3v) is 13.5. The molecule has 0 fully saturated rings. The molecule has 0 radical (unpaired) electrons. The SMILES string of the molecule is c1ccc(-c2cc(-c3nc(-c4ccc5sc6c7ccccc7ccc6c5c4)nc(-c4ccc(-c5cccc6ccccc56)c5ccccc45)n3)c3oc4ccccc4c3c2)cc1. The van der Waals surface area contributed by atoms with Crippen molar-refractivity contribution in [3.8, 4) is 56.4 Å². The number of nitrogens with zero attached hydrogens (tertiary/aromatic N) is 3. The molecule has 0 saturated heterocycles. The van der Waals surface area contributed by atoms with Crippen molar-refractivity contribution in [3.63, 3.8) is 0 Å². The van der Waals surface area contributed by atoms with Crippen LogP contribution in [0.2, 0.25) is 0 Å². The zero-order chi connectivity index (χ0) is 40.7. The van der Waals surface area contributed by atoms with E-state index < -0.39 is 0 Å². The molecule has 0 saturated carbocycles. The van der Waals surface area contributed by atoms with Crippen molar-refractivity contribution in [2.75, 3.05) is 0 Å². The predicted octanol–water partition coefficient (Wildman–Crippen LogP) is 15.9. The number of rotatable bonds is 5. The number of benzene rings is 10. The summed E-state index contributed by atoms with van der Waals surface area (Å²) >= 11 is 1.83. The maximum absolute atomic E-state index is 6.72. The van der Waals surface area contributed by atoms with Gasteiger partial charge in [0, 0.05) is 42.1 Å². The first-order valence-corrected chi connectivity index (χ1v) is 21.7. The molecular weight excluding hydrogens is 775 g/mol. The van der Waals surface area contributed by atoms with Crippen molar-refractivity contribution in [2.45, 2.75) is 0 Å². The molecule has 5 heteroatoms. The second-order valence-corrected chi connectivity index (χ2v) is 16.9. The van der Waals surface area contributed by atoms with Crippen LogP contribution in [-0.2, 0) is 0 Å². The van der Waals surface area contributed by atoms with Crippen molar-refractivity contribution >= 4 is 85.8 Å². The summed E-state index contributed by atoms with van der Waals surface area (Å²) in [7, 11) is 0. The summed E-state index contributed by atoms with van der Waals surface area (Å²) in [5.74, 6) is 1.75. The number of furan rings is 1. The molecule has 0 aliphatic carbocycles. The summed E-state index contributed by atoms with van der Waals surface area (Å²) in [5.41, 5.74) is 8.76. The Balaban J connectivity index is 1.08. The van der Waals surface area contributed by atoms with Crippen molar-refractivity contribution < 1.29 is 4.42 Å². The summed E-state index contributed by atoms with van der Waals surface area (Å²) < 4.78 is 9.23. The predicted molar refractivity (Wildman–Crippen MR) is 260 cm³/mol. The van der Waals surface area contributed by atoms with E-state index in [-0.39, 0.29) is 0 Å². The summed E-state index contributed by atoms with van der Waals surface area (Å²) in [4.78, 5) is 16.2. The second kappa shape index (κ2) is 13.8. The van der Waals surface area contributed by atoms with E-state index in [1.54, 1.807) is 0 Å². The van der Waals surface area contributed by atoms with Crippen LogP contribution in [0.25, 0.3) is 131 Å². The topological polar surface area (TPSA) is 51.8 Å².